The van der Waals surface area contributed by atoms with Crippen molar-refractivity contribution in [1.29, 1.82) is 0 Å². The minimum Gasteiger partial charge on any atom is -0.494 e. The predicted molar refractivity (Wildman–Crippen MR) is 83.0 cm³/mol. The smallest absolute Gasteiger partial charge is 0.238 e. The largest absolute Gasteiger partial charge is 0.494 e. The van der Waals surface area contributed by atoms with Crippen molar-refractivity contribution in [2.24, 2.45) is 5.41 Å². The molecule has 1 rings (SSSR count). The van der Waals surface area contributed by atoms with Gasteiger partial charge in [0.25, 0.3) is 0 Å². The van der Waals surface area contributed by atoms with Crippen LogP contribution in [0.3, 0.4) is 0 Å². The van der Waals surface area contributed by atoms with Crippen LogP contribution in [0.1, 0.15) is 20.8 Å². The van der Waals surface area contributed by atoms with Crippen molar-refractivity contribution in [1.82, 2.24) is 4.90 Å². The van der Waals surface area contributed by atoms with Crippen molar-refractivity contribution in [3.05, 3.63) is 18.2 Å². The molecule has 0 radical (unpaired) electrons. The average Bonchev–Trinajstić information content (AvgIpc) is 2.28. The third-order valence-electron chi connectivity index (χ3n) is 2.66. The van der Waals surface area contributed by atoms with Gasteiger partial charge in [-0.25, -0.2) is 0 Å². The van der Waals surface area contributed by atoms with E-state index in [0.717, 1.165) is 6.54 Å². The lowest BCUT2D eigenvalue weighted by Crippen LogP contribution is -2.35. The average molecular weight is 279 g/mol. The molecule has 0 aliphatic carbocycles. The number of hydrogen-bond acceptors (Lipinski definition) is 4. The standard InChI is InChI=1S/C15H25N3O2/c1-15(2,3)10-18(4)9-14(19)17-12-7-6-11(16)8-13(12)20-5/h6-8H,9-10,16H2,1-5H3,(H,17,19). The Kier molecular flexibility index (Phi) is 5.39. The summed E-state index contributed by atoms with van der Waals surface area (Å²) in [6.07, 6.45) is 0. The highest BCUT2D eigenvalue weighted by Crippen LogP contribution is 2.26. The fourth-order valence-corrected chi connectivity index (χ4v) is 2.11. The van der Waals surface area contributed by atoms with Gasteiger partial charge in [-0.3, -0.25) is 9.69 Å². The van der Waals surface area contributed by atoms with Crippen molar-refractivity contribution in [3.63, 3.8) is 0 Å². The molecule has 0 spiro atoms. The molecule has 1 amide bonds. The summed E-state index contributed by atoms with van der Waals surface area (Å²) >= 11 is 0. The van der Waals surface area contributed by atoms with Crippen molar-refractivity contribution in [3.8, 4) is 5.75 Å². The Morgan fingerprint density at radius 1 is 1.40 bits per heavy atom. The molecule has 0 saturated heterocycles. The van der Waals surface area contributed by atoms with E-state index in [2.05, 4.69) is 26.1 Å². The fraction of sp³-hybridized carbons (Fsp3) is 0.533. The molecule has 0 bridgehead atoms. The third-order valence-corrected chi connectivity index (χ3v) is 2.66. The van der Waals surface area contributed by atoms with Crippen LogP contribution in [0, 0.1) is 5.41 Å². The van der Waals surface area contributed by atoms with Gasteiger partial charge in [-0.15, -0.1) is 0 Å². The first-order chi connectivity index (χ1) is 9.21. The number of nitrogens with one attached hydrogen (secondary N) is 1. The van der Waals surface area contributed by atoms with E-state index in [-0.39, 0.29) is 11.3 Å². The zero-order valence-corrected chi connectivity index (χ0v) is 13.0. The van der Waals surface area contributed by atoms with Gasteiger partial charge in [0.05, 0.1) is 19.3 Å². The lowest BCUT2D eigenvalue weighted by Gasteiger charge is -2.26. The van der Waals surface area contributed by atoms with Gasteiger partial charge in [-0.2, -0.15) is 0 Å². The Bertz CT molecular complexity index is 467. The number of rotatable bonds is 5. The topological polar surface area (TPSA) is 67.6 Å². The van der Waals surface area contributed by atoms with E-state index in [4.69, 9.17) is 10.5 Å². The predicted octanol–water partition coefficient (Wildman–Crippen LogP) is 2.19. The molecule has 112 valence electrons. The Labute approximate surface area is 121 Å². The van der Waals surface area contributed by atoms with E-state index in [1.54, 1.807) is 25.3 Å². The first-order valence-corrected chi connectivity index (χ1v) is 6.63. The number of nitrogen functional groups attached to an aromatic ring is 1. The second kappa shape index (κ2) is 6.61. The summed E-state index contributed by atoms with van der Waals surface area (Å²) in [5.41, 5.74) is 7.08. The molecule has 1 aromatic carbocycles. The van der Waals surface area contributed by atoms with Crippen LogP contribution in [-0.4, -0.2) is 38.1 Å². The van der Waals surface area contributed by atoms with Crippen LogP contribution in [0.15, 0.2) is 18.2 Å². The highest BCUT2D eigenvalue weighted by molar-refractivity contribution is 5.94. The first-order valence-electron chi connectivity index (χ1n) is 6.63. The van der Waals surface area contributed by atoms with Crippen molar-refractivity contribution in [2.75, 3.05) is 38.3 Å². The summed E-state index contributed by atoms with van der Waals surface area (Å²) in [5.74, 6) is 0.497. The zero-order valence-electron chi connectivity index (χ0n) is 13.0. The van der Waals surface area contributed by atoms with E-state index in [1.807, 2.05) is 11.9 Å². The number of methoxy groups -OCH3 is 1. The third kappa shape index (κ3) is 5.48. The number of amides is 1. The number of carbonyl (C=O) groups is 1. The van der Waals surface area contributed by atoms with Gasteiger partial charge in [0.1, 0.15) is 5.75 Å². The molecular weight excluding hydrogens is 254 g/mol. The molecule has 0 unspecified atom stereocenters. The quantitative estimate of drug-likeness (QED) is 0.811. The fourth-order valence-electron chi connectivity index (χ4n) is 2.11. The van der Waals surface area contributed by atoms with Gasteiger partial charge < -0.3 is 15.8 Å². The van der Waals surface area contributed by atoms with Gasteiger partial charge in [-0.1, -0.05) is 20.8 Å². The summed E-state index contributed by atoms with van der Waals surface area (Å²) < 4.78 is 5.20. The van der Waals surface area contributed by atoms with Gasteiger partial charge in [-0.05, 0) is 24.6 Å². The number of anilines is 2. The maximum atomic E-state index is 12.0. The Morgan fingerprint density at radius 3 is 2.60 bits per heavy atom. The van der Waals surface area contributed by atoms with E-state index >= 15 is 0 Å². The van der Waals surface area contributed by atoms with E-state index in [0.29, 0.717) is 23.7 Å². The van der Waals surface area contributed by atoms with Crippen LogP contribution in [0.25, 0.3) is 0 Å². The molecule has 0 fully saturated rings. The van der Waals surface area contributed by atoms with E-state index < -0.39 is 0 Å². The van der Waals surface area contributed by atoms with Crippen molar-refractivity contribution < 1.29 is 9.53 Å². The Hall–Kier alpha value is -1.75. The molecule has 1 aromatic rings. The minimum absolute atomic E-state index is 0.0696. The SMILES string of the molecule is COc1cc(N)ccc1NC(=O)CN(C)CC(C)(C)C. The van der Waals surface area contributed by atoms with Crippen molar-refractivity contribution in [2.45, 2.75) is 20.8 Å². The zero-order chi connectivity index (χ0) is 15.3. The molecule has 0 atom stereocenters. The highest BCUT2D eigenvalue weighted by atomic mass is 16.5. The molecule has 0 saturated carbocycles. The maximum absolute atomic E-state index is 12.0. The number of nitrogens with two attached hydrogens (primary N) is 1. The number of ether oxygens (including phenoxy) is 1. The van der Waals surface area contributed by atoms with Crippen LogP contribution < -0.4 is 15.8 Å². The second-order valence-electron chi connectivity index (χ2n) is 6.24. The molecule has 5 nitrogen and oxygen atoms in total. The normalized spacial score (nSPS) is 11.5. The molecule has 0 aliphatic heterocycles. The number of likely N-dealkylation sites (N-methyl/N-ethyl adjacent to an activating group) is 1. The highest BCUT2D eigenvalue weighted by Gasteiger charge is 2.16. The first kappa shape index (κ1) is 16.3. The summed E-state index contributed by atoms with van der Waals surface area (Å²) in [5, 5.41) is 2.84. The van der Waals surface area contributed by atoms with Crippen LogP contribution in [0.4, 0.5) is 11.4 Å². The van der Waals surface area contributed by atoms with Gasteiger partial charge >= 0.3 is 0 Å². The van der Waals surface area contributed by atoms with Crippen LogP contribution in [0.5, 0.6) is 5.75 Å². The molecule has 0 heterocycles. The van der Waals surface area contributed by atoms with E-state index in [1.165, 1.54) is 0 Å². The molecule has 0 aromatic heterocycles. The summed E-state index contributed by atoms with van der Waals surface area (Å²) in [6.45, 7) is 7.61. The molecule has 5 heteroatoms. The van der Waals surface area contributed by atoms with Gasteiger partial charge in [0.15, 0.2) is 0 Å². The maximum Gasteiger partial charge on any atom is 0.238 e. The van der Waals surface area contributed by atoms with Crippen molar-refractivity contribution >= 4 is 17.3 Å². The number of hydrogen-bond donors (Lipinski definition) is 2. The van der Waals surface area contributed by atoms with Crippen LogP contribution in [0.2, 0.25) is 0 Å². The Morgan fingerprint density at radius 2 is 2.05 bits per heavy atom. The summed E-state index contributed by atoms with van der Waals surface area (Å²) in [4.78, 5) is 14.0. The van der Waals surface area contributed by atoms with E-state index in [9.17, 15) is 4.79 Å². The monoisotopic (exact) mass is 279 g/mol. The van der Waals surface area contributed by atoms with Gasteiger partial charge in [0.2, 0.25) is 5.91 Å². The molecule has 20 heavy (non-hydrogen) atoms. The number of benzene rings is 1. The molecule has 3 N–H and O–H groups in total. The number of nitrogens with zero attached hydrogens (tertiary/aromatic N) is 1. The second-order valence-corrected chi connectivity index (χ2v) is 6.24. The minimum atomic E-state index is -0.0696. The number of carbonyl (C=O) groups excluding carboxylic acids is 1. The lowest BCUT2D eigenvalue weighted by molar-refractivity contribution is -0.117. The van der Waals surface area contributed by atoms with Crippen LogP contribution in [-0.2, 0) is 4.79 Å². The van der Waals surface area contributed by atoms with Gasteiger partial charge in [0, 0.05) is 18.3 Å². The molecule has 0 aliphatic rings. The summed E-state index contributed by atoms with van der Waals surface area (Å²) in [6, 6.07) is 5.17. The lowest BCUT2D eigenvalue weighted by atomic mass is 9.96. The van der Waals surface area contributed by atoms with Crippen LogP contribution >= 0.6 is 0 Å². The summed E-state index contributed by atoms with van der Waals surface area (Å²) in [7, 11) is 3.49. The molecular formula is C15H25N3O2. The Balaban J connectivity index is 2.63.